The van der Waals surface area contributed by atoms with Crippen molar-refractivity contribution in [1.82, 2.24) is 0 Å². The van der Waals surface area contributed by atoms with Crippen LogP contribution in [0.4, 0.5) is 0 Å². The van der Waals surface area contributed by atoms with Crippen molar-refractivity contribution in [2.45, 2.75) is 6.04 Å². The zero-order valence-corrected chi connectivity index (χ0v) is 6.56. The van der Waals surface area contributed by atoms with E-state index in [1.807, 2.05) is 0 Å². The van der Waals surface area contributed by atoms with Crippen molar-refractivity contribution in [2.75, 3.05) is 0 Å². The topological polar surface area (TPSA) is 63.6 Å². The molecule has 0 radical (unpaired) electrons. The number of ketones is 2. The Balaban J connectivity index is 2.66. The lowest BCUT2D eigenvalue weighted by Gasteiger charge is -1.96. The number of rotatable bonds is 1. The molecule has 1 aliphatic rings. The molecule has 1 atom stereocenters. The van der Waals surface area contributed by atoms with Crippen LogP contribution in [0.3, 0.4) is 0 Å². The third-order valence-corrected chi connectivity index (χ3v) is 2.08. The van der Waals surface area contributed by atoms with Crippen molar-refractivity contribution in [3.8, 4) is 0 Å². The first-order chi connectivity index (χ1) is 6.25. The number of Topliss-reactive ketones (excluding diaryl/α,β-unsaturated/α-hetero) is 2. The second kappa shape index (κ2) is 2.58. The molecule has 2 rings (SSSR count). The van der Waals surface area contributed by atoms with Gasteiger partial charge in [-0.3, -0.25) is 9.59 Å². The average molecular weight is 175 g/mol. The quantitative estimate of drug-likeness (QED) is 0.476. The molecule has 1 aromatic rings. The van der Waals surface area contributed by atoms with E-state index in [0.29, 0.717) is 11.1 Å². The Bertz CT molecular complexity index is 411. The minimum atomic E-state index is -1.12. The lowest BCUT2D eigenvalue weighted by molar-refractivity contribution is -0.115. The summed E-state index contributed by atoms with van der Waals surface area (Å²) in [6.45, 7) is 0. The van der Waals surface area contributed by atoms with E-state index < -0.39 is 17.6 Å². The average Bonchev–Trinajstić information content (AvgIpc) is 2.41. The molecule has 0 bridgehead atoms. The van der Waals surface area contributed by atoms with Crippen LogP contribution in [0.15, 0.2) is 29.4 Å². The first-order valence-electron chi connectivity index (χ1n) is 3.75. The summed E-state index contributed by atoms with van der Waals surface area (Å²) < 4.78 is 0. The zero-order valence-electron chi connectivity index (χ0n) is 6.56. The highest BCUT2D eigenvalue weighted by Crippen LogP contribution is 2.30. The predicted molar refractivity (Wildman–Crippen MR) is 44.3 cm³/mol. The fourth-order valence-electron chi connectivity index (χ4n) is 1.45. The third-order valence-electron chi connectivity index (χ3n) is 2.08. The van der Waals surface area contributed by atoms with Crippen LogP contribution in [0.2, 0.25) is 0 Å². The Morgan fingerprint density at radius 1 is 1.15 bits per heavy atom. The minimum Gasteiger partial charge on any atom is -0.287 e. The highest BCUT2D eigenvalue weighted by Gasteiger charge is 2.38. The summed E-state index contributed by atoms with van der Waals surface area (Å²) in [6, 6.07) is 5.30. The highest BCUT2D eigenvalue weighted by atomic mass is 16.3. The molecular formula is C9H5NO3. The number of carbonyl (C=O) groups excluding carboxylic acids is 2. The van der Waals surface area contributed by atoms with E-state index in [0.717, 1.165) is 0 Å². The molecule has 0 aromatic heterocycles. The number of benzene rings is 1. The monoisotopic (exact) mass is 175 g/mol. The van der Waals surface area contributed by atoms with Crippen molar-refractivity contribution >= 4 is 11.6 Å². The van der Waals surface area contributed by atoms with Crippen LogP contribution in [0.25, 0.3) is 0 Å². The van der Waals surface area contributed by atoms with E-state index in [-0.39, 0.29) is 0 Å². The molecule has 4 nitrogen and oxygen atoms in total. The maximum atomic E-state index is 11.2. The van der Waals surface area contributed by atoms with Gasteiger partial charge in [0.2, 0.25) is 11.6 Å². The van der Waals surface area contributed by atoms with E-state index in [9.17, 15) is 14.5 Å². The van der Waals surface area contributed by atoms with Gasteiger partial charge in [0, 0.05) is 5.56 Å². The Hall–Kier alpha value is -1.84. The molecule has 64 valence electrons. The van der Waals surface area contributed by atoms with Crippen LogP contribution < -0.4 is 0 Å². The summed E-state index contributed by atoms with van der Waals surface area (Å²) in [5.41, 5.74) is 0.726. The summed E-state index contributed by atoms with van der Waals surface area (Å²) in [5.74, 6) is -1.34. The molecule has 0 spiro atoms. The molecule has 0 saturated carbocycles. The molecule has 1 aromatic carbocycles. The Kier molecular flexibility index (Phi) is 1.55. The van der Waals surface area contributed by atoms with E-state index in [2.05, 4.69) is 5.18 Å². The predicted octanol–water partition coefficient (Wildman–Crippen LogP) is 1.26. The molecule has 0 fully saturated rings. The third kappa shape index (κ3) is 0.917. The van der Waals surface area contributed by atoms with Crippen molar-refractivity contribution in [2.24, 2.45) is 5.18 Å². The van der Waals surface area contributed by atoms with Gasteiger partial charge in [-0.25, -0.2) is 0 Å². The van der Waals surface area contributed by atoms with Gasteiger partial charge in [-0.2, -0.15) is 0 Å². The van der Waals surface area contributed by atoms with Gasteiger partial charge in [0.25, 0.3) is 0 Å². The smallest absolute Gasteiger partial charge is 0.235 e. The lowest BCUT2D eigenvalue weighted by atomic mass is 10.1. The van der Waals surface area contributed by atoms with Gasteiger partial charge in [0.05, 0.1) is 0 Å². The first-order valence-corrected chi connectivity index (χ1v) is 3.75. The number of carbonyl (C=O) groups is 2. The first kappa shape index (κ1) is 7.79. The standard InChI is InChI=1S/C9H5NO3/c11-8-6-4-2-1-3-5(6)7(10-13)9(8)12/h1-4,7H. The second-order valence-electron chi connectivity index (χ2n) is 2.79. The molecule has 0 heterocycles. The van der Waals surface area contributed by atoms with E-state index in [1.165, 1.54) is 6.07 Å². The molecular weight excluding hydrogens is 170 g/mol. The number of hydrogen-bond donors (Lipinski definition) is 0. The van der Waals surface area contributed by atoms with E-state index in [4.69, 9.17) is 0 Å². The van der Waals surface area contributed by atoms with Gasteiger partial charge in [-0.1, -0.05) is 29.4 Å². The van der Waals surface area contributed by atoms with Gasteiger partial charge in [-0.05, 0) is 5.56 Å². The Morgan fingerprint density at radius 3 is 2.54 bits per heavy atom. The molecule has 13 heavy (non-hydrogen) atoms. The molecule has 4 heteroatoms. The molecule has 1 aliphatic carbocycles. The van der Waals surface area contributed by atoms with Gasteiger partial charge >= 0.3 is 0 Å². The largest absolute Gasteiger partial charge is 0.287 e. The lowest BCUT2D eigenvalue weighted by Crippen LogP contribution is -2.09. The fraction of sp³-hybridized carbons (Fsp3) is 0.111. The SMILES string of the molecule is O=NC1C(=O)C(=O)c2ccccc21. The van der Waals surface area contributed by atoms with E-state index in [1.54, 1.807) is 18.2 Å². The molecule has 0 aliphatic heterocycles. The number of hydrogen-bond acceptors (Lipinski definition) is 4. The Labute approximate surface area is 73.5 Å². The normalized spacial score (nSPS) is 20.2. The molecule has 0 amide bonds. The van der Waals surface area contributed by atoms with Crippen LogP contribution in [0, 0.1) is 4.91 Å². The number of nitroso groups, excluding NO2 is 1. The summed E-state index contributed by atoms with van der Waals surface area (Å²) >= 11 is 0. The summed E-state index contributed by atoms with van der Waals surface area (Å²) in [4.78, 5) is 32.7. The minimum absolute atomic E-state index is 0.303. The molecule has 0 saturated heterocycles. The van der Waals surface area contributed by atoms with Crippen molar-refractivity contribution in [1.29, 1.82) is 0 Å². The van der Waals surface area contributed by atoms with Gasteiger partial charge in [-0.15, -0.1) is 4.91 Å². The zero-order chi connectivity index (χ0) is 9.42. The molecule has 1 unspecified atom stereocenters. The van der Waals surface area contributed by atoms with Crippen LogP contribution in [-0.4, -0.2) is 11.6 Å². The van der Waals surface area contributed by atoms with Crippen molar-refractivity contribution < 1.29 is 9.59 Å². The van der Waals surface area contributed by atoms with Crippen LogP contribution in [-0.2, 0) is 4.79 Å². The number of fused-ring (bicyclic) bond motifs is 1. The summed E-state index contributed by atoms with van der Waals surface area (Å²) in [5, 5.41) is 2.64. The van der Waals surface area contributed by atoms with Crippen molar-refractivity contribution in [3.05, 3.63) is 40.3 Å². The van der Waals surface area contributed by atoms with Gasteiger partial charge < -0.3 is 0 Å². The van der Waals surface area contributed by atoms with Gasteiger partial charge in [0.15, 0.2) is 6.04 Å². The fourth-order valence-corrected chi connectivity index (χ4v) is 1.45. The van der Waals surface area contributed by atoms with E-state index >= 15 is 0 Å². The maximum Gasteiger partial charge on any atom is 0.235 e. The summed E-state index contributed by atoms with van der Waals surface area (Å²) in [7, 11) is 0. The van der Waals surface area contributed by atoms with Crippen LogP contribution in [0.5, 0.6) is 0 Å². The second-order valence-corrected chi connectivity index (χ2v) is 2.79. The maximum absolute atomic E-state index is 11.2. The number of nitrogens with zero attached hydrogens (tertiary/aromatic N) is 1. The van der Waals surface area contributed by atoms with Gasteiger partial charge in [0.1, 0.15) is 0 Å². The van der Waals surface area contributed by atoms with Crippen LogP contribution >= 0.6 is 0 Å². The highest BCUT2D eigenvalue weighted by molar-refractivity contribution is 6.48. The summed E-state index contributed by atoms with van der Waals surface area (Å²) in [6.07, 6.45) is 0. The van der Waals surface area contributed by atoms with Crippen molar-refractivity contribution in [3.63, 3.8) is 0 Å². The van der Waals surface area contributed by atoms with Crippen LogP contribution in [0.1, 0.15) is 22.0 Å². The Morgan fingerprint density at radius 2 is 1.85 bits per heavy atom. The molecule has 0 N–H and O–H groups in total.